The first-order valence-corrected chi connectivity index (χ1v) is 24.5. The van der Waals surface area contributed by atoms with Crippen LogP contribution in [0.3, 0.4) is 0 Å². The van der Waals surface area contributed by atoms with Crippen LogP contribution in [-0.4, -0.2) is 111 Å². The van der Waals surface area contributed by atoms with Crippen LogP contribution in [0.2, 0.25) is 0 Å². The number of fused-ring (bicyclic) bond motifs is 3. The maximum Gasteiger partial charge on any atom is 0.407 e. The van der Waals surface area contributed by atoms with E-state index in [9.17, 15) is 14.9 Å². The summed E-state index contributed by atoms with van der Waals surface area (Å²) in [4.78, 5) is 53.5. The summed E-state index contributed by atoms with van der Waals surface area (Å²) in [6.07, 6.45) is 8.95. The maximum absolute atomic E-state index is 12.1. The van der Waals surface area contributed by atoms with Gasteiger partial charge in [0.2, 0.25) is 0 Å². The van der Waals surface area contributed by atoms with Crippen LogP contribution in [0.4, 0.5) is 21.0 Å². The number of aromatic nitrogens is 6. The molecule has 9 rings (SSSR count). The fourth-order valence-corrected chi connectivity index (χ4v) is 8.77. The minimum absolute atomic E-state index is 0. The average Bonchev–Trinajstić information content (AvgIpc) is 4.03. The molecule has 3 aromatic heterocycles. The van der Waals surface area contributed by atoms with Gasteiger partial charge in [-0.05, 0) is 118 Å². The summed E-state index contributed by atoms with van der Waals surface area (Å²) in [6.45, 7) is 22.4. The van der Waals surface area contributed by atoms with Crippen molar-refractivity contribution in [1.82, 2.24) is 45.9 Å². The van der Waals surface area contributed by atoms with Crippen LogP contribution in [-0.2, 0) is 9.47 Å². The van der Waals surface area contributed by atoms with E-state index in [1.54, 1.807) is 61.4 Å². The van der Waals surface area contributed by atoms with Gasteiger partial charge in [-0.25, -0.2) is 9.59 Å². The summed E-state index contributed by atoms with van der Waals surface area (Å²) in [7, 11) is 0. The van der Waals surface area contributed by atoms with Gasteiger partial charge in [-0.2, -0.15) is 15.8 Å². The Morgan fingerprint density at radius 3 is 1.40 bits per heavy atom. The van der Waals surface area contributed by atoms with Crippen molar-refractivity contribution >= 4 is 85.0 Å². The van der Waals surface area contributed by atoms with Gasteiger partial charge >= 0.3 is 12.2 Å². The molecule has 0 spiro atoms. The largest absolute Gasteiger partial charge is 0.444 e. The average molecular weight is 1080 g/mol. The third kappa shape index (κ3) is 15.0. The van der Waals surface area contributed by atoms with Crippen LogP contribution in [0.15, 0.2) is 78.1 Å². The number of nitrogens with zero attached hydrogens (tertiary/aromatic N) is 11. The second-order valence-corrected chi connectivity index (χ2v) is 20.9. The molecule has 5 N–H and O–H groups in total. The molecule has 73 heavy (non-hydrogen) atoms. The Balaban J connectivity index is 0.000000187. The summed E-state index contributed by atoms with van der Waals surface area (Å²) in [6, 6.07) is 17.7. The Labute approximate surface area is 440 Å². The SMILES string of the molecule is C[C@@H]1CN(c2ccc(C#N)c3nccnc23)C[C@@H]1N.C[C@@H]1CN(c2ccc(C#N)c3nccnc23)C[C@@H]1NC(=O)OC(C)(C)C.C[C@@H]1CNC[C@@H]1NC(=O)OC(C)(C)C.Cl.N#Cc1ccc(Br)c2nccnc12. The van der Waals surface area contributed by atoms with Gasteiger partial charge in [0.05, 0.1) is 34.1 Å². The van der Waals surface area contributed by atoms with Crippen molar-refractivity contribution in [3.63, 3.8) is 0 Å². The number of amides is 2. The highest BCUT2D eigenvalue weighted by Crippen LogP contribution is 2.32. The zero-order valence-corrected chi connectivity index (χ0v) is 45.0. The Bertz CT molecular complexity index is 3010. The number of halogens is 2. The number of nitriles is 3. The fraction of sp³-hybridized carbons (Fsp3) is 0.442. The van der Waals surface area contributed by atoms with Crippen LogP contribution in [0.25, 0.3) is 33.1 Å². The summed E-state index contributed by atoms with van der Waals surface area (Å²) in [5.41, 5.74) is 12.8. The lowest BCUT2D eigenvalue weighted by Crippen LogP contribution is -2.42. The molecule has 3 fully saturated rings. The molecule has 0 unspecified atom stereocenters. The molecule has 6 aromatic rings. The molecule has 6 heterocycles. The van der Waals surface area contributed by atoms with E-state index in [1.165, 1.54) is 0 Å². The highest BCUT2D eigenvalue weighted by molar-refractivity contribution is 9.10. The highest BCUT2D eigenvalue weighted by Gasteiger charge is 2.34. The van der Waals surface area contributed by atoms with Crippen LogP contribution in [0.5, 0.6) is 0 Å². The lowest BCUT2D eigenvalue weighted by atomic mass is 10.1. The van der Waals surface area contributed by atoms with E-state index in [-0.39, 0.29) is 42.5 Å². The highest BCUT2D eigenvalue weighted by atomic mass is 79.9. The quantitative estimate of drug-likeness (QED) is 0.130. The molecule has 0 radical (unpaired) electrons. The van der Waals surface area contributed by atoms with Crippen molar-refractivity contribution in [2.24, 2.45) is 23.5 Å². The van der Waals surface area contributed by atoms with Gasteiger partial charge in [-0.15, -0.1) is 12.4 Å². The second kappa shape index (κ2) is 25.1. The first-order valence-electron chi connectivity index (χ1n) is 23.7. The van der Waals surface area contributed by atoms with Gasteiger partial charge in [0.15, 0.2) is 0 Å². The molecule has 6 atom stereocenters. The molecule has 3 saturated heterocycles. The monoisotopic (exact) mass is 1080 g/mol. The van der Waals surface area contributed by atoms with E-state index in [4.69, 9.17) is 25.7 Å². The first-order chi connectivity index (χ1) is 34.2. The van der Waals surface area contributed by atoms with E-state index >= 15 is 0 Å². The maximum atomic E-state index is 12.1. The van der Waals surface area contributed by atoms with Crippen molar-refractivity contribution in [3.05, 3.63) is 94.7 Å². The van der Waals surface area contributed by atoms with Crippen LogP contribution in [0.1, 0.15) is 79.0 Å². The van der Waals surface area contributed by atoms with Gasteiger partial charge in [0, 0.05) is 86.5 Å². The molecule has 3 aliphatic rings. The number of nitrogens with two attached hydrogens (primary N) is 1. The number of hydrogen-bond acceptors (Lipinski definition) is 17. The molecule has 21 heteroatoms. The Kier molecular flexibility index (Phi) is 19.5. The molecule has 19 nitrogen and oxygen atoms in total. The van der Waals surface area contributed by atoms with Gasteiger partial charge in [-0.1, -0.05) is 20.8 Å². The van der Waals surface area contributed by atoms with E-state index in [2.05, 4.69) is 111 Å². The van der Waals surface area contributed by atoms with Crippen LogP contribution in [0, 0.1) is 51.7 Å². The van der Waals surface area contributed by atoms with Crippen molar-refractivity contribution < 1.29 is 19.1 Å². The summed E-state index contributed by atoms with van der Waals surface area (Å²) < 4.78 is 11.4. The lowest BCUT2D eigenvalue weighted by Gasteiger charge is -2.23. The van der Waals surface area contributed by atoms with E-state index < -0.39 is 17.3 Å². The molecular formula is C52H63BrClN15O4. The summed E-state index contributed by atoms with van der Waals surface area (Å²) in [5, 5.41) is 36.2. The minimum atomic E-state index is -0.523. The standard InChI is InChI=1S/C19H23N5O2.C14H15N5.C10H20N2O2.C9H4BrN3.ClH/c1-12-10-24(11-14(12)23-18(25)26-19(2,3)4)15-6-5-13(9-20)16-17(15)22-8-7-21-16;1-9-7-19(8-11(9)16)12-3-2-10(6-15)13-14(12)18-5-4-17-13;1-7-5-11-6-8(7)12-9(13)14-10(2,3)4;10-7-2-1-6(5-11)8-9(7)13-4-3-12-8;/h5-8,12,14H,10-11H2,1-4H3,(H,23,25);2-5,9,11H,7-8,16H2,1H3;7-8,11H,5-6H2,1-4H3,(H,12,13);1-4H;1H/t12-,14+;9-,11+;7-,8+;;/m111../s1. The molecule has 3 aliphatic heterocycles. The topological polar surface area (TPSA) is 270 Å². The Hall–Kier alpha value is -7.02. The van der Waals surface area contributed by atoms with Gasteiger partial charge in [0.1, 0.15) is 62.5 Å². The molecule has 2 amide bonds. The third-order valence-electron chi connectivity index (χ3n) is 12.0. The molecule has 0 aliphatic carbocycles. The third-order valence-corrected chi connectivity index (χ3v) is 12.7. The lowest BCUT2D eigenvalue weighted by molar-refractivity contribution is 0.0487. The predicted octanol–water partition coefficient (Wildman–Crippen LogP) is 7.94. The van der Waals surface area contributed by atoms with Gasteiger partial charge in [-0.3, -0.25) is 29.9 Å². The van der Waals surface area contributed by atoms with Crippen molar-refractivity contribution in [2.45, 2.75) is 91.6 Å². The summed E-state index contributed by atoms with van der Waals surface area (Å²) >= 11 is 3.35. The Morgan fingerprint density at radius 2 is 0.986 bits per heavy atom. The predicted molar refractivity (Wildman–Crippen MR) is 287 cm³/mol. The normalized spacial score (nSPS) is 20.1. The van der Waals surface area contributed by atoms with Crippen LogP contribution < -0.4 is 31.5 Å². The number of alkyl carbamates (subject to hydrolysis) is 2. The molecule has 0 saturated carbocycles. The van der Waals surface area contributed by atoms with E-state index in [0.29, 0.717) is 57.1 Å². The first kappa shape index (κ1) is 56.9. The van der Waals surface area contributed by atoms with Crippen molar-refractivity contribution in [1.29, 1.82) is 15.8 Å². The molecule has 0 bridgehead atoms. The number of anilines is 2. The second-order valence-electron chi connectivity index (χ2n) is 20.0. The minimum Gasteiger partial charge on any atom is -0.444 e. The number of rotatable bonds is 4. The van der Waals surface area contributed by atoms with E-state index in [1.807, 2.05) is 53.7 Å². The smallest absolute Gasteiger partial charge is 0.407 e. The fourth-order valence-electron chi connectivity index (χ4n) is 8.35. The van der Waals surface area contributed by atoms with Gasteiger partial charge < -0.3 is 41.0 Å². The number of carbonyl (C=O) groups is 2. The van der Waals surface area contributed by atoms with Gasteiger partial charge in [0.25, 0.3) is 0 Å². The molecule has 3 aromatic carbocycles. The number of ether oxygens (including phenoxy) is 2. The number of nitrogens with one attached hydrogen (secondary N) is 3. The summed E-state index contributed by atoms with van der Waals surface area (Å²) in [5.74, 6) is 1.19. The zero-order chi connectivity index (χ0) is 52.3. The number of benzene rings is 3. The van der Waals surface area contributed by atoms with Crippen molar-refractivity contribution in [3.8, 4) is 18.2 Å². The van der Waals surface area contributed by atoms with Crippen LogP contribution >= 0.6 is 28.3 Å². The molecular weight excluding hydrogens is 1010 g/mol. The molecule has 384 valence electrons. The number of carbonyl (C=O) groups excluding carboxylic acids is 2. The Morgan fingerprint density at radius 1 is 0.589 bits per heavy atom. The van der Waals surface area contributed by atoms with Crippen molar-refractivity contribution in [2.75, 3.05) is 49.1 Å². The van der Waals surface area contributed by atoms with E-state index in [0.717, 1.165) is 59.6 Å². The zero-order valence-electron chi connectivity index (χ0n) is 42.6. The number of hydrogen-bond donors (Lipinski definition) is 4.